The maximum atomic E-state index is 4.93. The van der Waals surface area contributed by atoms with E-state index >= 15 is 0 Å². The zero-order valence-electron chi connectivity index (χ0n) is 31.3. The molecule has 0 heterocycles. The summed E-state index contributed by atoms with van der Waals surface area (Å²) in [5.41, 5.74) is 6.37. The van der Waals surface area contributed by atoms with Gasteiger partial charge in [0.15, 0.2) is 0 Å². The average Bonchev–Trinajstić information content (AvgIpc) is 3.64. The molecule has 260 valence electrons. The van der Waals surface area contributed by atoms with Crippen molar-refractivity contribution in [3.8, 4) is 0 Å². The Morgan fingerprint density at radius 1 is 0.667 bits per heavy atom. The van der Waals surface area contributed by atoms with Crippen molar-refractivity contribution in [3.05, 3.63) is 134 Å². The van der Waals surface area contributed by atoms with E-state index in [4.69, 9.17) is 17.0 Å². The summed E-state index contributed by atoms with van der Waals surface area (Å²) in [5.74, 6) is 4.07. The van der Waals surface area contributed by atoms with Gasteiger partial charge in [0.25, 0.3) is 0 Å². The predicted molar refractivity (Wildman–Crippen MR) is 209 cm³/mol. The van der Waals surface area contributed by atoms with Crippen molar-refractivity contribution in [2.75, 3.05) is 0 Å². The van der Waals surface area contributed by atoms with E-state index in [1.54, 1.807) is 11.1 Å². The molecule has 4 aliphatic rings. The fraction of sp³-hybridized carbons (Fsp3) is 0.511. The number of fused-ring (bicyclic) bond motifs is 3. The second-order valence-electron chi connectivity index (χ2n) is 16.5. The molecule has 6 rings (SSSR count). The summed E-state index contributed by atoms with van der Waals surface area (Å²) >= 11 is -0.826. The van der Waals surface area contributed by atoms with Gasteiger partial charge in [-0.25, -0.2) is 0 Å². The van der Waals surface area contributed by atoms with Gasteiger partial charge in [-0.3, -0.25) is 0 Å². The molecule has 0 nitrogen and oxygen atoms in total. The molecule has 2 aromatic rings. The van der Waals surface area contributed by atoms with Crippen LogP contribution in [-0.2, 0) is 26.3 Å². The van der Waals surface area contributed by atoms with Crippen molar-refractivity contribution in [2.45, 2.75) is 92.4 Å². The Morgan fingerprint density at radius 2 is 1.10 bits per heavy atom. The van der Waals surface area contributed by atoms with Crippen LogP contribution in [0, 0.1) is 67.1 Å². The van der Waals surface area contributed by atoms with Gasteiger partial charge in [-0.15, -0.1) is 0 Å². The van der Waals surface area contributed by atoms with Gasteiger partial charge in [0, 0.05) is 5.41 Å². The summed E-state index contributed by atoms with van der Waals surface area (Å²) < 4.78 is 0. The molecule has 6 atom stereocenters. The van der Waals surface area contributed by atoms with E-state index in [0.29, 0.717) is 35.5 Å². The molecule has 0 aliphatic heterocycles. The molecule has 3 heteroatoms. The molecule has 0 spiro atoms. The van der Waals surface area contributed by atoms with Gasteiger partial charge in [0.05, 0.1) is 0 Å². The van der Waals surface area contributed by atoms with Crippen LogP contribution in [0.25, 0.3) is 0 Å². The van der Waals surface area contributed by atoms with Crippen LogP contribution >= 0.6 is 17.0 Å². The molecule has 0 aromatic heterocycles. The Bertz CT molecular complexity index is 1310. The summed E-state index contributed by atoms with van der Waals surface area (Å²) in [6.07, 6.45) is 23.9. The van der Waals surface area contributed by atoms with Crippen LogP contribution in [0.1, 0.15) is 98.1 Å². The molecule has 0 radical (unpaired) electrons. The van der Waals surface area contributed by atoms with Crippen LogP contribution in [-0.4, -0.2) is 0 Å². The van der Waals surface area contributed by atoms with Gasteiger partial charge in [-0.2, -0.15) is 0 Å². The normalized spacial score (nSPS) is 27.6. The molecule has 2 saturated carbocycles. The minimum atomic E-state index is -0.826. The van der Waals surface area contributed by atoms with Gasteiger partial charge < -0.3 is 14.9 Å². The van der Waals surface area contributed by atoms with Gasteiger partial charge in [0.1, 0.15) is 0 Å². The van der Waals surface area contributed by atoms with Crippen molar-refractivity contribution in [3.63, 3.8) is 0 Å². The van der Waals surface area contributed by atoms with Crippen molar-refractivity contribution in [1.82, 2.24) is 0 Å². The number of hydrogen-bond acceptors (Lipinski definition) is 0. The summed E-state index contributed by atoms with van der Waals surface area (Å²) in [6, 6.07) is 23.7. The second kappa shape index (κ2) is 17.4. The quantitative estimate of drug-likeness (QED) is 0.246. The fourth-order valence-electron chi connectivity index (χ4n) is 9.72. The van der Waals surface area contributed by atoms with Crippen LogP contribution < -0.4 is 0 Å². The van der Waals surface area contributed by atoms with E-state index in [1.165, 1.54) is 49.7 Å². The van der Waals surface area contributed by atoms with Gasteiger partial charge in [-0.05, 0) is 87.4 Å². The predicted octanol–water partition coefficient (Wildman–Crippen LogP) is 14.0. The number of hydrogen-bond donors (Lipinski definition) is 0. The first-order chi connectivity index (χ1) is 22.0. The molecule has 48 heavy (non-hydrogen) atoms. The third-order valence-electron chi connectivity index (χ3n) is 11.8. The van der Waals surface area contributed by atoms with E-state index in [0.717, 1.165) is 5.92 Å². The van der Waals surface area contributed by atoms with E-state index in [1.807, 2.05) is 0 Å². The number of benzene rings is 2. The van der Waals surface area contributed by atoms with Crippen LogP contribution in [0.2, 0.25) is 0 Å². The van der Waals surface area contributed by atoms with Crippen LogP contribution in [0.5, 0.6) is 0 Å². The number of halogens is 2. The summed E-state index contributed by atoms with van der Waals surface area (Å²) in [4.78, 5) is 0. The van der Waals surface area contributed by atoms with Crippen molar-refractivity contribution < 1.29 is 20.8 Å². The molecule has 0 bridgehead atoms. The summed E-state index contributed by atoms with van der Waals surface area (Å²) in [6.45, 7) is 16.7. The first-order valence-electron chi connectivity index (χ1n) is 17.8. The SMILES string of the molecule is CCCCC1CCC(C(c2ccccc2)(c2ccccc2)C2C3C=C(C(C)(C)C)C=CC3C3C=CC(C(C)(C)C)=CC32)C1.[CH3-].[CH3-].[Cl][Zr+2][Cl]. The third kappa shape index (κ3) is 8.32. The fourth-order valence-corrected chi connectivity index (χ4v) is 9.72. The first-order valence-corrected chi connectivity index (χ1v) is 24.2. The Balaban J connectivity index is 0.00000121. The molecular formula is C45H62Cl2Zr. The maximum absolute atomic E-state index is 4.93. The Morgan fingerprint density at radius 3 is 1.50 bits per heavy atom. The molecule has 4 aliphatic carbocycles. The third-order valence-corrected chi connectivity index (χ3v) is 11.8. The monoisotopic (exact) mass is 762 g/mol. The van der Waals surface area contributed by atoms with Crippen LogP contribution in [0.15, 0.2) is 108 Å². The Hall–Kier alpha value is -1.14. The molecule has 0 amide bonds. The first kappa shape index (κ1) is 41.3. The van der Waals surface area contributed by atoms with Crippen molar-refractivity contribution in [2.24, 2.45) is 52.3 Å². The molecule has 6 unspecified atom stereocenters. The molecular weight excluding hydrogens is 703 g/mol. The number of rotatable bonds is 7. The van der Waals surface area contributed by atoms with Gasteiger partial charge in [-0.1, -0.05) is 171 Å². The Kier molecular flexibility index (Phi) is 15.0. The zero-order valence-corrected chi connectivity index (χ0v) is 35.2. The standard InChI is InChI=1S/C43H56.2CH3.2ClH.Zr/c1-8-9-16-30-21-22-35(27-30)43(31-17-12-10-13-18-31,32-19-14-11-15-20-32)40-38-28-33(41(2,3)4)23-25-36(38)37-26-24-34(29-39(37)40)42(5,6)7;;;;;/h10-15,17-20,23-26,28-30,35-40H,8-9,16,21-22,27H2,1-7H3;2*1H3;2*1H;/q;2*-1;;;+4/p-2. The Labute approximate surface area is 314 Å². The van der Waals surface area contributed by atoms with Crippen molar-refractivity contribution >= 4 is 17.0 Å². The van der Waals surface area contributed by atoms with E-state index < -0.39 is 20.8 Å². The summed E-state index contributed by atoms with van der Waals surface area (Å²) in [5, 5.41) is 0. The molecule has 0 saturated heterocycles. The van der Waals surface area contributed by atoms with Gasteiger partial charge >= 0.3 is 37.9 Å². The minimum absolute atomic E-state index is 0. The summed E-state index contributed by atoms with van der Waals surface area (Å²) in [7, 11) is 9.87. The van der Waals surface area contributed by atoms with E-state index in [9.17, 15) is 0 Å². The van der Waals surface area contributed by atoms with E-state index in [2.05, 4.69) is 146 Å². The van der Waals surface area contributed by atoms with Crippen molar-refractivity contribution in [1.29, 1.82) is 0 Å². The van der Waals surface area contributed by atoms with E-state index in [-0.39, 0.29) is 31.1 Å². The zero-order chi connectivity index (χ0) is 33.1. The molecule has 2 fully saturated rings. The van der Waals surface area contributed by atoms with Crippen LogP contribution in [0.3, 0.4) is 0 Å². The average molecular weight is 765 g/mol. The van der Waals surface area contributed by atoms with Gasteiger partial charge in [0.2, 0.25) is 0 Å². The number of allylic oxidation sites excluding steroid dienone is 8. The number of unbranched alkanes of at least 4 members (excludes halogenated alkanes) is 1. The van der Waals surface area contributed by atoms with Crippen LogP contribution in [0.4, 0.5) is 0 Å². The molecule has 0 N–H and O–H groups in total. The molecule has 2 aromatic carbocycles. The topological polar surface area (TPSA) is 0 Å². The second-order valence-corrected chi connectivity index (χ2v) is 20.2.